The van der Waals surface area contributed by atoms with E-state index < -0.39 is 11.5 Å². The summed E-state index contributed by atoms with van der Waals surface area (Å²) in [6, 6.07) is 9.89. The molecule has 5 rings (SSSR count). The second-order valence-electron chi connectivity index (χ2n) is 11.5. The summed E-state index contributed by atoms with van der Waals surface area (Å²) >= 11 is 0. The summed E-state index contributed by atoms with van der Waals surface area (Å²) in [6.07, 6.45) is 3.96. The van der Waals surface area contributed by atoms with Gasteiger partial charge < -0.3 is 10.2 Å². The highest BCUT2D eigenvalue weighted by molar-refractivity contribution is 6.07. The molecule has 4 aliphatic rings. The summed E-state index contributed by atoms with van der Waals surface area (Å²) in [5.41, 5.74) is 0.274. The van der Waals surface area contributed by atoms with E-state index in [0.29, 0.717) is 32.4 Å². The van der Waals surface area contributed by atoms with Gasteiger partial charge in [0.2, 0.25) is 11.8 Å². The van der Waals surface area contributed by atoms with Crippen LogP contribution in [0, 0.1) is 5.92 Å². The smallest absolute Gasteiger partial charge is 0.327 e. The van der Waals surface area contributed by atoms with Crippen molar-refractivity contribution in [1.82, 2.24) is 20.0 Å². The van der Waals surface area contributed by atoms with Crippen molar-refractivity contribution >= 4 is 17.8 Å². The Morgan fingerprint density at radius 2 is 1.63 bits per heavy atom. The van der Waals surface area contributed by atoms with Gasteiger partial charge in [0.05, 0.1) is 6.04 Å². The Balaban J connectivity index is 1.27. The zero-order valence-electron chi connectivity index (χ0n) is 22.5. The zero-order valence-corrected chi connectivity index (χ0v) is 22.5. The third-order valence-electron chi connectivity index (χ3n) is 9.45. The van der Waals surface area contributed by atoms with E-state index in [2.05, 4.69) is 10.2 Å². The normalized spacial score (nSPS) is 30.3. The molecule has 0 aromatic heterocycles. The number of nitrogens with one attached hydrogen (secondary N) is 1. The first-order chi connectivity index (χ1) is 18.2. The molecule has 9 heteroatoms. The standard InChI is InChI=1S/C29H40F2N4O3/c1-3-33-26(37)28(35(4-2)27(33)38)18-22-10-11-23(19-28)34(22)17-14-24(20-8-6-5-7-9-20)32-25(36)21-12-15-29(30,31)16-13-21/h5-9,21-24H,3-4,10-19H2,1-2H3,(H,32,36)/t22?,23?,24-,28?/m0/s1. The number of benzene rings is 1. The molecule has 3 aliphatic heterocycles. The average molecular weight is 531 g/mol. The van der Waals surface area contributed by atoms with Crippen LogP contribution in [-0.2, 0) is 9.59 Å². The van der Waals surface area contributed by atoms with Gasteiger partial charge in [-0.2, -0.15) is 0 Å². The van der Waals surface area contributed by atoms with Crippen LogP contribution in [0.2, 0.25) is 0 Å². The number of rotatable bonds is 8. The van der Waals surface area contributed by atoms with E-state index in [4.69, 9.17) is 0 Å². The van der Waals surface area contributed by atoms with Gasteiger partial charge in [-0.05, 0) is 64.4 Å². The predicted molar refractivity (Wildman–Crippen MR) is 139 cm³/mol. The number of fused-ring (bicyclic) bond motifs is 2. The van der Waals surface area contributed by atoms with Crippen molar-refractivity contribution in [3.05, 3.63) is 35.9 Å². The van der Waals surface area contributed by atoms with Gasteiger partial charge in [-0.15, -0.1) is 0 Å². The molecule has 0 radical (unpaired) electrons. The van der Waals surface area contributed by atoms with Crippen molar-refractivity contribution < 1.29 is 23.2 Å². The largest absolute Gasteiger partial charge is 0.349 e. The van der Waals surface area contributed by atoms with E-state index in [0.717, 1.165) is 24.9 Å². The van der Waals surface area contributed by atoms with E-state index >= 15 is 0 Å². The molecule has 1 spiro atoms. The first-order valence-electron chi connectivity index (χ1n) is 14.3. The maximum absolute atomic E-state index is 13.6. The molecule has 38 heavy (non-hydrogen) atoms. The number of carbonyl (C=O) groups is 3. The Morgan fingerprint density at radius 1 is 1.00 bits per heavy atom. The number of carbonyl (C=O) groups excluding carboxylic acids is 3. The molecular weight excluding hydrogens is 490 g/mol. The van der Waals surface area contributed by atoms with Crippen molar-refractivity contribution in [2.45, 2.75) is 101 Å². The average Bonchev–Trinajstić information content (AvgIpc) is 3.26. The maximum Gasteiger partial charge on any atom is 0.327 e. The molecule has 1 aromatic rings. The number of alkyl halides is 2. The van der Waals surface area contributed by atoms with E-state index in [1.54, 1.807) is 4.90 Å². The van der Waals surface area contributed by atoms with Gasteiger partial charge in [-0.25, -0.2) is 13.6 Å². The fourth-order valence-corrected chi connectivity index (χ4v) is 7.45. The van der Waals surface area contributed by atoms with Gasteiger partial charge >= 0.3 is 6.03 Å². The van der Waals surface area contributed by atoms with Gasteiger partial charge in [-0.3, -0.25) is 19.4 Å². The zero-order chi connectivity index (χ0) is 27.1. The highest BCUT2D eigenvalue weighted by Gasteiger charge is 2.62. The molecule has 1 aliphatic carbocycles. The van der Waals surface area contributed by atoms with Gasteiger partial charge in [-0.1, -0.05) is 30.3 Å². The Bertz CT molecular complexity index is 1030. The van der Waals surface area contributed by atoms with Crippen LogP contribution in [0.15, 0.2) is 30.3 Å². The molecule has 3 atom stereocenters. The third-order valence-corrected chi connectivity index (χ3v) is 9.45. The lowest BCUT2D eigenvalue weighted by Gasteiger charge is -2.47. The Kier molecular flexibility index (Phi) is 7.50. The topological polar surface area (TPSA) is 73.0 Å². The molecule has 208 valence electrons. The molecule has 3 saturated heterocycles. The number of halogens is 2. The molecule has 4 fully saturated rings. The van der Waals surface area contributed by atoms with E-state index in [1.165, 1.54) is 4.90 Å². The fourth-order valence-electron chi connectivity index (χ4n) is 7.45. The Morgan fingerprint density at radius 3 is 2.21 bits per heavy atom. The molecule has 7 nitrogen and oxygen atoms in total. The second kappa shape index (κ2) is 10.5. The van der Waals surface area contributed by atoms with Gasteiger partial charge in [0, 0.05) is 50.5 Å². The molecule has 1 aromatic carbocycles. The summed E-state index contributed by atoms with van der Waals surface area (Å²) in [5.74, 6) is -3.22. The SMILES string of the molecule is CCN1C(=O)N(CC)C2(CC3CCC(C2)N3CC[C@H](NC(=O)C2CCC(F)(F)CC2)c2ccccc2)C1=O. The number of piperidine rings is 1. The first kappa shape index (κ1) is 27.0. The van der Waals surface area contributed by atoms with Crippen LogP contribution < -0.4 is 5.32 Å². The van der Waals surface area contributed by atoms with E-state index in [1.807, 2.05) is 44.2 Å². The minimum atomic E-state index is -2.66. The predicted octanol–water partition coefficient (Wildman–Crippen LogP) is 4.73. The molecule has 4 amide bonds. The van der Waals surface area contributed by atoms with Crippen LogP contribution in [0.5, 0.6) is 0 Å². The summed E-state index contributed by atoms with van der Waals surface area (Å²) in [7, 11) is 0. The van der Waals surface area contributed by atoms with Crippen LogP contribution >= 0.6 is 0 Å². The lowest BCUT2D eigenvalue weighted by atomic mass is 9.81. The molecule has 1 saturated carbocycles. The minimum absolute atomic E-state index is 0.0455. The van der Waals surface area contributed by atoms with Crippen LogP contribution in [0.3, 0.4) is 0 Å². The van der Waals surface area contributed by atoms with Gasteiger partial charge in [0.15, 0.2) is 0 Å². The number of urea groups is 1. The Hall–Kier alpha value is -2.55. The number of likely N-dealkylation sites (N-methyl/N-ethyl adjacent to an activating group) is 2. The summed E-state index contributed by atoms with van der Waals surface area (Å²) < 4.78 is 27.3. The summed E-state index contributed by atoms with van der Waals surface area (Å²) in [4.78, 5) is 45.2. The lowest BCUT2D eigenvalue weighted by molar-refractivity contribution is -0.137. The number of hydrogen-bond donors (Lipinski definition) is 1. The molecule has 1 N–H and O–H groups in total. The number of nitrogens with zero attached hydrogens (tertiary/aromatic N) is 3. The quantitative estimate of drug-likeness (QED) is 0.494. The van der Waals surface area contributed by atoms with E-state index in [9.17, 15) is 23.2 Å². The van der Waals surface area contributed by atoms with Crippen molar-refractivity contribution in [1.29, 1.82) is 0 Å². The number of imide groups is 1. The van der Waals surface area contributed by atoms with Crippen LogP contribution in [0.25, 0.3) is 0 Å². The van der Waals surface area contributed by atoms with Crippen molar-refractivity contribution in [3.8, 4) is 0 Å². The van der Waals surface area contributed by atoms with E-state index in [-0.39, 0.29) is 67.6 Å². The monoisotopic (exact) mass is 530 g/mol. The molecule has 3 heterocycles. The summed E-state index contributed by atoms with van der Waals surface area (Å²) in [6.45, 7) is 5.48. The van der Waals surface area contributed by atoms with Gasteiger partial charge in [0.1, 0.15) is 5.54 Å². The van der Waals surface area contributed by atoms with Crippen molar-refractivity contribution in [3.63, 3.8) is 0 Å². The highest BCUT2D eigenvalue weighted by Crippen LogP contribution is 2.47. The van der Waals surface area contributed by atoms with Crippen LogP contribution in [0.1, 0.15) is 83.2 Å². The maximum atomic E-state index is 13.6. The fraction of sp³-hybridized carbons (Fsp3) is 0.690. The third kappa shape index (κ3) is 4.82. The Labute approximate surface area is 223 Å². The molecular formula is C29H40F2N4O3. The molecule has 2 unspecified atom stereocenters. The second-order valence-corrected chi connectivity index (χ2v) is 11.5. The minimum Gasteiger partial charge on any atom is -0.349 e. The van der Waals surface area contributed by atoms with Gasteiger partial charge in [0.25, 0.3) is 5.91 Å². The van der Waals surface area contributed by atoms with Crippen molar-refractivity contribution in [2.75, 3.05) is 19.6 Å². The molecule has 2 bridgehead atoms. The lowest BCUT2D eigenvalue weighted by Crippen LogP contribution is -2.60. The van der Waals surface area contributed by atoms with Crippen LogP contribution in [0.4, 0.5) is 13.6 Å². The van der Waals surface area contributed by atoms with Crippen LogP contribution in [-0.4, -0.2) is 75.7 Å². The number of hydrogen-bond acceptors (Lipinski definition) is 4. The number of amides is 4. The first-order valence-corrected chi connectivity index (χ1v) is 14.3. The highest BCUT2D eigenvalue weighted by atomic mass is 19.3. The van der Waals surface area contributed by atoms with Crippen molar-refractivity contribution in [2.24, 2.45) is 5.92 Å². The summed E-state index contributed by atoms with van der Waals surface area (Å²) in [5, 5.41) is 3.19.